The molecule has 0 aliphatic carbocycles. The van der Waals surface area contributed by atoms with E-state index in [1.807, 2.05) is 0 Å². The van der Waals surface area contributed by atoms with Crippen molar-refractivity contribution in [3.8, 4) is 0 Å². The Morgan fingerprint density at radius 2 is 2.06 bits per heavy atom. The molecule has 0 aliphatic heterocycles. The van der Waals surface area contributed by atoms with Crippen molar-refractivity contribution in [2.24, 2.45) is 5.41 Å². The van der Waals surface area contributed by atoms with Crippen LogP contribution in [0.4, 0.5) is 10.3 Å². The van der Waals surface area contributed by atoms with Crippen LogP contribution >= 0.6 is 0 Å². The maximum absolute atomic E-state index is 13.0. The van der Waals surface area contributed by atoms with Crippen molar-refractivity contribution in [1.82, 2.24) is 9.97 Å². The van der Waals surface area contributed by atoms with Gasteiger partial charge in [-0.25, -0.2) is 9.37 Å². The Kier molecular flexibility index (Phi) is 2.81. The molecule has 0 saturated heterocycles. The van der Waals surface area contributed by atoms with Gasteiger partial charge in [-0.2, -0.15) is 0 Å². The highest BCUT2D eigenvalue weighted by molar-refractivity contribution is 5.77. The first-order valence-corrected chi connectivity index (χ1v) is 5.78. The standard InChI is InChI=1S/C13H18FN3/c1-8(13(2,3)4)15-12-16-10-6-5-9(14)7-11(10)17-12/h5-8H,1-4H3,(H2,15,16,17). The molecule has 2 aromatic rings. The summed E-state index contributed by atoms with van der Waals surface area (Å²) >= 11 is 0. The Morgan fingerprint density at radius 3 is 2.71 bits per heavy atom. The van der Waals surface area contributed by atoms with Gasteiger partial charge in [0.15, 0.2) is 0 Å². The zero-order valence-corrected chi connectivity index (χ0v) is 10.6. The van der Waals surface area contributed by atoms with Gasteiger partial charge in [0.1, 0.15) is 5.82 Å². The van der Waals surface area contributed by atoms with Gasteiger partial charge in [-0.1, -0.05) is 20.8 Å². The van der Waals surface area contributed by atoms with Crippen molar-refractivity contribution in [3.05, 3.63) is 24.0 Å². The minimum atomic E-state index is -0.253. The molecule has 0 bridgehead atoms. The van der Waals surface area contributed by atoms with Gasteiger partial charge >= 0.3 is 0 Å². The number of nitrogens with zero attached hydrogens (tertiary/aromatic N) is 1. The Morgan fingerprint density at radius 1 is 1.35 bits per heavy atom. The average molecular weight is 235 g/mol. The molecule has 1 unspecified atom stereocenters. The second kappa shape index (κ2) is 4.02. The number of aromatic nitrogens is 2. The lowest BCUT2D eigenvalue weighted by atomic mass is 9.88. The molecule has 4 heteroatoms. The van der Waals surface area contributed by atoms with Gasteiger partial charge < -0.3 is 10.3 Å². The summed E-state index contributed by atoms with van der Waals surface area (Å²) in [5.74, 6) is 0.435. The van der Waals surface area contributed by atoms with Crippen LogP contribution < -0.4 is 5.32 Å². The number of hydrogen-bond donors (Lipinski definition) is 2. The van der Waals surface area contributed by atoms with Crippen LogP contribution in [-0.2, 0) is 0 Å². The summed E-state index contributed by atoms with van der Waals surface area (Å²) in [6.45, 7) is 8.58. The highest BCUT2D eigenvalue weighted by Crippen LogP contribution is 2.23. The zero-order valence-electron chi connectivity index (χ0n) is 10.6. The van der Waals surface area contributed by atoms with Crippen LogP contribution in [0.2, 0.25) is 0 Å². The Balaban J connectivity index is 2.25. The van der Waals surface area contributed by atoms with E-state index in [9.17, 15) is 4.39 Å². The lowest BCUT2D eigenvalue weighted by molar-refractivity contribution is 0.358. The van der Waals surface area contributed by atoms with E-state index < -0.39 is 0 Å². The molecule has 0 aliphatic rings. The summed E-state index contributed by atoms with van der Waals surface area (Å²) < 4.78 is 13.0. The first-order chi connectivity index (χ1) is 7.86. The molecule has 92 valence electrons. The Labute approximate surface area is 100 Å². The van der Waals surface area contributed by atoms with Crippen LogP contribution in [0.25, 0.3) is 11.0 Å². The van der Waals surface area contributed by atoms with E-state index >= 15 is 0 Å². The molecule has 1 aromatic carbocycles. The fraction of sp³-hybridized carbons (Fsp3) is 0.462. The van der Waals surface area contributed by atoms with E-state index in [4.69, 9.17) is 0 Å². The molecular formula is C13H18FN3. The number of imidazole rings is 1. The number of aromatic amines is 1. The summed E-state index contributed by atoms with van der Waals surface area (Å²) in [6.07, 6.45) is 0. The summed E-state index contributed by atoms with van der Waals surface area (Å²) in [5.41, 5.74) is 1.63. The second-order valence-electron chi connectivity index (χ2n) is 5.48. The third-order valence-corrected chi connectivity index (χ3v) is 3.10. The highest BCUT2D eigenvalue weighted by Gasteiger charge is 2.20. The van der Waals surface area contributed by atoms with Crippen molar-refractivity contribution >= 4 is 17.0 Å². The van der Waals surface area contributed by atoms with E-state index in [-0.39, 0.29) is 17.3 Å². The lowest BCUT2D eigenvalue weighted by Gasteiger charge is -2.27. The van der Waals surface area contributed by atoms with Crippen molar-refractivity contribution in [2.45, 2.75) is 33.7 Å². The molecular weight excluding hydrogens is 217 g/mol. The molecule has 2 N–H and O–H groups in total. The van der Waals surface area contributed by atoms with Crippen LogP contribution in [0.5, 0.6) is 0 Å². The molecule has 0 amide bonds. The van der Waals surface area contributed by atoms with Crippen LogP contribution in [-0.4, -0.2) is 16.0 Å². The molecule has 0 radical (unpaired) electrons. The monoisotopic (exact) mass is 235 g/mol. The molecule has 2 rings (SSSR count). The molecule has 1 heterocycles. The van der Waals surface area contributed by atoms with Crippen LogP contribution in [0.15, 0.2) is 18.2 Å². The van der Waals surface area contributed by atoms with Gasteiger partial charge in [0.25, 0.3) is 0 Å². The molecule has 0 fully saturated rings. The third-order valence-electron chi connectivity index (χ3n) is 3.10. The quantitative estimate of drug-likeness (QED) is 0.835. The average Bonchev–Trinajstić information content (AvgIpc) is 2.57. The number of nitrogens with one attached hydrogen (secondary N) is 2. The molecule has 1 atom stereocenters. The molecule has 1 aromatic heterocycles. The van der Waals surface area contributed by atoms with Gasteiger partial charge in [-0.05, 0) is 30.5 Å². The van der Waals surface area contributed by atoms with E-state index in [1.54, 1.807) is 6.07 Å². The number of anilines is 1. The normalized spacial score (nSPS) is 13.9. The summed E-state index contributed by atoms with van der Waals surface area (Å²) in [6, 6.07) is 4.82. The number of halogens is 1. The molecule has 3 nitrogen and oxygen atoms in total. The fourth-order valence-electron chi connectivity index (χ4n) is 1.47. The minimum absolute atomic E-state index is 0.143. The first-order valence-electron chi connectivity index (χ1n) is 5.78. The van der Waals surface area contributed by atoms with Gasteiger partial charge in [0, 0.05) is 6.04 Å². The maximum atomic E-state index is 13.0. The molecule has 0 spiro atoms. The predicted molar refractivity (Wildman–Crippen MR) is 68.6 cm³/mol. The van der Waals surface area contributed by atoms with Gasteiger partial charge in [0.2, 0.25) is 5.95 Å². The van der Waals surface area contributed by atoms with Gasteiger partial charge in [-0.3, -0.25) is 0 Å². The zero-order chi connectivity index (χ0) is 12.6. The largest absolute Gasteiger partial charge is 0.353 e. The first kappa shape index (κ1) is 11.9. The third kappa shape index (κ3) is 2.57. The summed E-state index contributed by atoms with van der Waals surface area (Å²) in [4.78, 5) is 7.45. The second-order valence-corrected chi connectivity index (χ2v) is 5.48. The van der Waals surface area contributed by atoms with E-state index in [1.165, 1.54) is 12.1 Å². The number of hydrogen-bond acceptors (Lipinski definition) is 2. The minimum Gasteiger partial charge on any atom is -0.353 e. The predicted octanol–water partition coefficient (Wildman–Crippen LogP) is 3.55. The molecule has 0 saturated carbocycles. The van der Waals surface area contributed by atoms with Crippen molar-refractivity contribution in [1.29, 1.82) is 0 Å². The van der Waals surface area contributed by atoms with E-state index in [0.717, 1.165) is 5.52 Å². The fourth-order valence-corrected chi connectivity index (χ4v) is 1.47. The summed E-state index contributed by atoms with van der Waals surface area (Å²) in [5, 5.41) is 3.30. The van der Waals surface area contributed by atoms with Gasteiger partial charge in [-0.15, -0.1) is 0 Å². The Bertz CT molecular complexity index is 525. The van der Waals surface area contributed by atoms with Crippen LogP contribution in [0, 0.1) is 11.2 Å². The van der Waals surface area contributed by atoms with Crippen LogP contribution in [0.1, 0.15) is 27.7 Å². The topological polar surface area (TPSA) is 40.7 Å². The highest BCUT2D eigenvalue weighted by atomic mass is 19.1. The van der Waals surface area contributed by atoms with Crippen molar-refractivity contribution < 1.29 is 4.39 Å². The van der Waals surface area contributed by atoms with E-state index in [2.05, 4.69) is 43.0 Å². The summed E-state index contributed by atoms with van der Waals surface area (Å²) in [7, 11) is 0. The smallest absolute Gasteiger partial charge is 0.201 e. The maximum Gasteiger partial charge on any atom is 0.201 e. The SMILES string of the molecule is CC(Nc1nc2ccc(F)cc2[nH]1)C(C)(C)C. The number of fused-ring (bicyclic) bond motifs is 1. The Hall–Kier alpha value is -1.58. The lowest BCUT2D eigenvalue weighted by Crippen LogP contribution is -2.31. The van der Waals surface area contributed by atoms with Crippen molar-refractivity contribution in [2.75, 3.05) is 5.32 Å². The number of H-pyrrole nitrogens is 1. The van der Waals surface area contributed by atoms with Crippen LogP contribution in [0.3, 0.4) is 0 Å². The molecule has 17 heavy (non-hydrogen) atoms. The van der Waals surface area contributed by atoms with E-state index in [0.29, 0.717) is 11.5 Å². The van der Waals surface area contributed by atoms with Gasteiger partial charge in [0.05, 0.1) is 11.0 Å². The van der Waals surface area contributed by atoms with Crippen molar-refractivity contribution in [3.63, 3.8) is 0 Å². The number of rotatable bonds is 2. The number of benzene rings is 1.